The SMILES string of the molecule is CC/C=C/C=C/C=C\CCCCCCCC(=O)NC(COP(=O)(O)OCC[N+](C)(C)C)C(/C=C\CCCCCCCCCCC)OC(=O)CCCCCCCCCCCCCCCCCCCCC. The fourth-order valence-corrected chi connectivity index (χ4v) is 9.09. The number of hydrogen-bond donors (Lipinski definition) is 2. The number of likely N-dealkylation sites (N-methyl/N-ethyl adjacent to an activating group) is 1. The second kappa shape index (κ2) is 49.5. The lowest BCUT2D eigenvalue weighted by atomic mass is 10.0. The van der Waals surface area contributed by atoms with Crippen LogP contribution in [0, 0.1) is 0 Å². The highest BCUT2D eigenvalue weighted by Crippen LogP contribution is 2.43. The van der Waals surface area contributed by atoms with Gasteiger partial charge in [0.1, 0.15) is 19.3 Å². The molecule has 0 aliphatic heterocycles. The maximum atomic E-state index is 13.5. The zero-order valence-corrected chi connectivity index (χ0v) is 47.0. The number of phosphoric acid groups is 1. The first kappa shape index (κ1) is 67.0. The van der Waals surface area contributed by atoms with Gasteiger partial charge in [0.2, 0.25) is 5.91 Å². The van der Waals surface area contributed by atoms with Crippen LogP contribution in [-0.4, -0.2) is 74.3 Å². The molecule has 0 aliphatic rings. The summed E-state index contributed by atoms with van der Waals surface area (Å²) < 4.78 is 30.6. The Bertz CT molecular complexity index is 1330. The quantitative estimate of drug-likeness (QED) is 0.0156. The van der Waals surface area contributed by atoms with Gasteiger partial charge in [-0.3, -0.25) is 18.6 Å². The molecule has 69 heavy (non-hydrogen) atoms. The molecule has 0 bridgehead atoms. The molecule has 0 aliphatic carbocycles. The zero-order valence-electron chi connectivity index (χ0n) is 46.1. The number of carbonyl (C=O) groups excluding carboxylic acids is 2. The number of amides is 1. The second-order valence-corrected chi connectivity index (χ2v) is 22.3. The maximum Gasteiger partial charge on any atom is 0.472 e. The number of phosphoric ester groups is 1. The summed E-state index contributed by atoms with van der Waals surface area (Å²) in [5.41, 5.74) is 0. The molecular formula is C59H112N2O7P+. The monoisotopic (exact) mass is 992 g/mol. The largest absolute Gasteiger partial charge is 0.472 e. The Hall–Kier alpha value is -2.03. The third-order valence-electron chi connectivity index (χ3n) is 12.8. The summed E-state index contributed by atoms with van der Waals surface area (Å²) in [6, 6.07) is -0.855. The first-order chi connectivity index (χ1) is 33.4. The molecule has 0 fully saturated rings. The van der Waals surface area contributed by atoms with Crippen molar-refractivity contribution in [3.63, 3.8) is 0 Å². The van der Waals surface area contributed by atoms with Gasteiger partial charge in [-0.2, -0.15) is 0 Å². The Morgan fingerprint density at radius 3 is 1.38 bits per heavy atom. The molecule has 0 rings (SSSR count). The van der Waals surface area contributed by atoms with Crippen LogP contribution in [0.1, 0.15) is 265 Å². The van der Waals surface area contributed by atoms with Crippen LogP contribution in [0.4, 0.5) is 0 Å². The van der Waals surface area contributed by atoms with E-state index in [1.807, 2.05) is 33.3 Å². The van der Waals surface area contributed by atoms with Gasteiger partial charge in [0.25, 0.3) is 0 Å². The number of unbranched alkanes of at least 4 members (excludes halogenated alkanes) is 32. The van der Waals surface area contributed by atoms with Crippen molar-refractivity contribution in [2.45, 2.75) is 277 Å². The van der Waals surface area contributed by atoms with E-state index in [9.17, 15) is 19.0 Å². The second-order valence-electron chi connectivity index (χ2n) is 20.9. The average molecular weight is 993 g/mol. The molecule has 3 atom stereocenters. The number of esters is 1. The van der Waals surface area contributed by atoms with E-state index in [0.29, 0.717) is 23.9 Å². The maximum absolute atomic E-state index is 13.5. The van der Waals surface area contributed by atoms with E-state index in [1.54, 1.807) is 0 Å². The van der Waals surface area contributed by atoms with Crippen LogP contribution in [0.25, 0.3) is 0 Å². The molecule has 0 aromatic heterocycles. The first-order valence-electron chi connectivity index (χ1n) is 29.0. The van der Waals surface area contributed by atoms with Crippen LogP contribution in [0.15, 0.2) is 48.6 Å². The summed E-state index contributed by atoms with van der Waals surface area (Å²) in [5.74, 6) is -0.522. The van der Waals surface area contributed by atoms with E-state index in [2.05, 4.69) is 62.5 Å². The van der Waals surface area contributed by atoms with E-state index in [4.69, 9.17) is 13.8 Å². The molecule has 0 heterocycles. The van der Waals surface area contributed by atoms with E-state index in [-0.39, 0.29) is 25.1 Å². The van der Waals surface area contributed by atoms with Crippen molar-refractivity contribution >= 4 is 19.7 Å². The molecule has 1 amide bonds. The lowest BCUT2D eigenvalue weighted by Crippen LogP contribution is -2.47. The average Bonchev–Trinajstić information content (AvgIpc) is 3.31. The van der Waals surface area contributed by atoms with E-state index < -0.39 is 20.0 Å². The summed E-state index contributed by atoms with van der Waals surface area (Å²) in [4.78, 5) is 37.5. The van der Waals surface area contributed by atoms with Gasteiger partial charge in [0, 0.05) is 12.8 Å². The highest BCUT2D eigenvalue weighted by molar-refractivity contribution is 7.47. The number of quaternary nitrogens is 1. The third-order valence-corrected chi connectivity index (χ3v) is 13.8. The fraction of sp³-hybridized carbons (Fsp3) is 0.831. The van der Waals surface area contributed by atoms with Gasteiger partial charge in [-0.25, -0.2) is 4.57 Å². The summed E-state index contributed by atoms with van der Waals surface area (Å²) in [5, 5.41) is 3.03. The van der Waals surface area contributed by atoms with E-state index in [1.165, 1.54) is 148 Å². The lowest BCUT2D eigenvalue weighted by molar-refractivity contribution is -0.870. The number of rotatable bonds is 52. The summed E-state index contributed by atoms with van der Waals surface area (Å²) in [6.45, 7) is 6.87. The minimum absolute atomic E-state index is 0.0365. The molecule has 0 aromatic carbocycles. The number of nitrogens with zero attached hydrogens (tertiary/aromatic N) is 1. The third kappa shape index (κ3) is 50.7. The van der Waals surface area contributed by atoms with Crippen molar-refractivity contribution in [3.8, 4) is 0 Å². The minimum atomic E-state index is -4.44. The molecule has 9 nitrogen and oxygen atoms in total. The van der Waals surface area contributed by atoms with Crippen molar-refractivity contribution in [2.75, 3.05) is 40.9 Å². The highest BCUT2D eigenvalue weighted by atomic mass is 31.2. The topological polar surface area (TPSA) is 111 Å². The Labute approximate surface area is 427 Å². The Morgan fingerprint density at radius 2 is 0.928 bits per heavy atom. The van der Waals surface area contributed by atoms with Crippen LogP contribution < -0.4 is 5.32 Å². The predicted octanol–water partition coefficient (Wildman–Crippen LogP) is 17.3. The van der Waals surface area contributed by atoms with Crippen molar-refractivity contribution in [1.82, 2.24) is 5.32 Å². The van der Waals surface area contributed by atoms with Gasteiger partial charge < -0.3 is 19.4 Å². The number of carbonyl (C=O) groups is 2. The van der Waals surface area contributed by atoms with Crippen LogP contribution in [0.5, 0.6) is 0 Å². The smallest absolute Gasteiger partial charge is 0.456 e. The van der Waals surface area contributed by atoms with Gasteiger partial charge in [-0.1, -0.05) is 250 Å². The predicted molar refractivity (Wildman–Crippen MR) is 295 cm³/mol. The molecule has 0 aromatic rings. The molecule has 0 saturated carbocycles. The first-order valence-corrected chi connectivity index (χ1v) is 30.5. The molecular weight excluding hydrogens is 880 g/mol. The molecule has 2 N–H and O–H groups in total. The molecule has 0 spiro atoms. The van der Waals surface area contributed by atoms with Crippen LogP contribution in [0.3, 0.4) is 0 Å². The normalized spacial score (nSPS) is 14.1. The molecule has 3 unspecified atom stereocenters. The van der Waals surface area contributed by atoms with E-state index in [0.717, 1.165) is 83.5 Å². The number of ether oxygens (including phenoxy) is 1. The molecule has 10 heteroatoms. The lowest BCUT2D eigenvalue weighted by Gasteiger charge is -2.27. The van der Waals surface area contributed by atoms with Gasteiger partial charge in [0.15, 0.2) is 0 Å². The Balaban J connectivity index is 5.25. The minimum Gasteiger partial charge on any atom is -0.456 e. The fourth-order valence-electron chi connectivity index (χ4n) is 8.35. The van der Waals surface area contributed by atoms with Crippen LogP contribution in [-0.2, 0) is 27.9 Å². The van der Waals surface area contributed by atoms with Crippen molar-refractivity contribution < 1.29 is 37.3 Å². The summed E-state index contributed by atoms with van der Waals surface area (Å²) >= 11 is 0. The van der Waals surface area contributed by atoms with Crippen molar-refractivity contribution in [2.24, 2.45) is 0 Å². The summed E-state index contributed by atoms with van der Waals surface area (Å²) in [6.07, 6.45) is 59.7. The summed E-state index contributed by atoms with van der Waals surface area (Å²) in [7, 11) is 1.48. The van der Waals surface area contributed by atoms with E-state index >= 15 is 0 Å². The Kier molecular flexibility index (Phi) is 48.1. The highest BCUT2D eigenvalue weighted by Gasteiger charge is 2.30. The molecule has 0 radical (unpaired) electrons. The van der Waals surface area contributed by atoms with Gasteiger partial charge in [-0.05, 0) is 51.0 Å². The Morgan fingerprint density at radius 1 is 0.522 bits per heavy atom. The van der Waals surface area contributed by atoms with Crippen molar-refractivity contribution in [3.05, 3.63) is 48.6 Å². The molecule has 0 saturated heterocycles. The van der Waals surface area contributed by atoms with Crippen LogP contribution in [0.2, 0.25) is 0 Å². The van der Waals surface area contributed by atoms with Gasteiger partial charge >= 0.3 is 13.8 Å². The molecule has 404 valence electrons. The zero-order chi connectivity index (χ0) is 50.8. The standard InChI is InChI=1S/C59H111N2O7P/c1-7-10-13-16-19-22-25-27-28-29-30-31-32-34-37-40-43-46-49-52-59(63)68-57(50-47-44-41-38-35-24-21-18-15-12-9-3)56(55-67-69(64,65)66-54-53-61(4,5)6)60-58(62)51-48-45-42-39-36-33-26-23-20-17-14-11-8-2/h11,14,17,20,23,26,47,50,56-57H,7-10,12-13,15-16,18-19,21-22,24-25,27-46,48-49,51-55H2,1-6H3,(H-,60,62,64,65)/p+1/b14-11+,20-17+,26-23-,50-47-. The van der Waals surface area contributed by atoms with Crippen LogP contribution >= 0.6 is 7.82 Å². The van der Waals surface area contributed by atoms with Crippen molar-refractivity contribution in [1.29, 1.82) is 0 Å². The van der Waals surface area contributed by atoms with Gasteiger partial charge in [0.05, 0.1) is 33.8 Å². The number of allylic oxidation sites excluding steroid dienone is 7. The number of nitrogens with one attached hydrogen (secondary N) is 1. The number of hydrogen-bond acceptors (Lipinski definition) is 6. The van der Waals surface area contributed by atoms with Gasteiger partial charge in [-0.15, -0.1) is 0 Å².